The van der Waals surface area contributed by atoms with Gasteiger partial charge in [-0.25, -0.2) is 9.78 Å². The molecule has 0 fully saturated rings. The zero-order chi connectivity index (χ0) is 17.4. The van der Waals surface area contributed by atoms with Crippen LogP contribution in [0.15, 0.2) is 42.9 Å². The second-order valence-corrected chi connectivity index (χ2v) is 4.86. The predicted molar refractivity (Wildman–Crippen MR) is 78.6 cm³/mol. The van der Waals surface area contributed by atoms with Crippen LogP contribution >= 0.6 is 0 Å². The third kappa shape index (κ3) is 5.86. The SMILES string of the molecule is O=C(OCCCc1cccnc1)c1cccnc1OCC(F)(F)F. The topological polar surface area (TPSA) is 61.3 Å². The zero-order valence-corrected chi connectivity index (χ0v) is 12.6. The Morgan fingerprint density at radius 3 is 2.67 bits per heavy atom. The van der Waals surface area contributed by atoms with Crippen molar-refractivity contribution >= 4 is 5.97 Å². The predicted octanol–water partition coefficient (Wildman–Crippen LogP) is 3.21. The van der Waals surface area contributed by atoms with Crippen molar-refractivity contribution in [3.8, 4) is 5.88 Å². The maximum absolute atomic E-state index is 12.2. The lowest BCUT2D eigenvalue weighted by Gasteiger charge is -2.11. The number of hydrogen-bond acceptors (Lipinski definition) is 5. The summed E-state index contributed by atoms with van der Waals surface area (Å²) in [4.78, 5) is 19.6. The molecular formula is C16H15F3N2O3. The maximum Gasteiger partial charge on any atom is 0.422 e. The molecule has 0 unspecified atom stereocenters. The van der Waals surface area contributed by atoms with Gasteiger partial charge in [0.1, 0.15) is 5.56 Å². The van der Waals surface area contributed by atoms with Gasteiger partial charge in [0, 0.05) is 18.6 Å². The van der Waals surface area contributed by atoms with Gasteiger partial charge in [-0.3, -0.25) is 4.98 Å². The first-order valence-corrected chi connectivity index (χ1v) is 7.16. The van der Waals surface area contributed by atoms with Gasteiger partial charge < -0.3 is 9.47 Å². The number of ether oxygens (including phenoxy) is 2. The number of aromatic nitrogens is 2. The van der Waals surface area contributed by atoms with E-state index in [0.29, 0.717) is 12.8 Å². The van der Waals surface area contributed by atoms with Crippen LogP contribution in [0.25, 0.3) is 0 Å². The molecule has 0 bridgehead atoms. The van der Waals surface area contributed by atoms with Crippen LogP contribution in [-0.2, 0) is 11.2 Å². The molecule has 0 spiro atoms. The fourth-order valence-corrected chi connectivity index (χ4v) is 1.88. The molecule has 0 atom stereocenters. The van der Waals surface area contributed by atoms with E-state index in [2.05, 4.69) is 14.7 Å². The van der Waals surface area contributed by atoms with Crippen molar-refractivity contribution in [1.29, 1.82) is 0 Å². The molecule has 0 radical (unpaired) electrons. The molecule has 2 heterocycles. The number of rotatable bonds is 7. The average Bonchev–Trinajstić information content (AvgIpc) is 2.57. The highest BCUT2D eigenvalue weighted by atomic mass is 19.4. The fraction of sp³-hybridized carbons (Fsp3) is 0.312. The fourth-order valence-electron chi connectivity index (χ4n) is 1.88. The second-order valence-electron chi connectivity index (χ2n) is 4.86. The van der Waals surface area contributed by atoms with E-state index in [1.807, 2.05) is 6.07 Å². The van der Waals surface area contributed by atoms with E-state index in [1.165, 1.54) is 18.3 Å². The minimum absolute atomic E-state index is 0.126. The van der Waals surface area contributed by atoms with Crippen LogP contribution in [0.5, 0.6) is 5.88 Å². The van der Waals surface area contributed by atoms with Gasteiger partial charge in [-0.05, 0) is 36.6 Å². The Balaban J connectivity index is 1.85. The van der Waals surface area contributed by atoms with E-state index in [9.17, 15) is 18.0 Å². The highest BCUT2D eigenvalue weighted by Gasteiger charge is 2.29. The van der Waals surface area contributed by atoms with Crippen LogP contribution in [0, 0.1) is 0 Å². The number of hydrogen-bond donors (Lipinski definition) is 0. The Kier molecular flexibility index (Phi) is 6.11. The maximum atomic E-state index is 12.2. The van der Waals surface area contributed by atoms with Gasteiger partial charge >= 0.3 is 12.1 Å². The number of nitrogens with zero attached hydrogens (tertiary/aromatic N) is 2. The van der Waals surface area contributed by atoms with Crippen molar-refractivity contribution in [1.82, 2.24) is 9.97 Å². The molecule has 0 amide bonds. The van der Waals surface area contributed by atoms with Crippen LogP contribution in [0.1, 0.15) is 22.3 Å². The van der Waals surface area contributed by atoms with E-state index in [1.54, 1.807) is 18.5 Å². The largest absolute Gasteiger partial charge is 0.467 e. The summed E-state index contributed by atoms with van der Waals surface area (Å²) in [6, 6.07) is 6.44. The molecule has 24 heavy (non-hydrogen) atoms. The standard InChI is InChI=1S/C16H15F3N2O3/c17-16(18,19)11-24-14-13(6-2-8-21-14)15(22)23-9-3-5-12-4-1-7-20-10-12/h1-2,4,6-8,10H,3,5,9,11H2. The summed E-state index contributed by atoms with van der Waals surface area (Å²) in [5.41, 5.74) is 0.868. The zero-order valence-electron chi connectivity index (χ0n) is 12.6. The Morgan fingerprint density at radius 2 is 1.96 bits per heavy atom. The van der Waals surface area contributed by atoms with Crippen LogP contribution in [0.2, 0.25) is 0 Å². The van der Waals surface area contributed by atoms with E-state index >= 15 is 0 Å². The first-order chi connectivity index (χ1) is 11.5. The monoisotopic (exact) mass is 340 g/mol. The van der Waals surface area contributed by atoms with Crippen LogP contribution in [0.4, 0.5) is 13.2 Å². The third-order valence-electron chi connectivity index (χ3n) is 2.93. The molecule has 128 valence electrons. The van der Waals surface area contributed by atoms with Crippen molar-refractivity contribution in [3.63, 3.8) is 0 Å². The van der Waals surface area contributed by atoms with Crippen LogP contribution in [-0.4, -0.2) is 35.3 Å². The molecule has 0 aromatic carbocycles. The Morgan fingerprint density at radius 1 is 1.17 bits per heavy atom. The number of alkyl halides is 3. The van der Waals surface area contributed by atoms with E-state index < -0.39 is 24.6 Å². The number of carbonyl (C=O) groups is 1. The minimum atomic E-state index is -4.51. The number of aryl methyl sites for hydroxylation is 1. The third-order valence-corrected chi connectivity index (χ3v) is 2.93. The van der Waals surface area contributed by atoms with E-state index in [4.69, 9.17) is 4.74 Å². The van der Waals surface area contributed by atoms with Gasteiger partial charge in [-0.15, -0.1) is 0 Å². The number of halogens is 3. The Bertz CT molecular complexity index is 663. The molecule has 0 aliphatic heterocycles. The van der Waals surface area contributed by atoms with Gasteiger partial charge in [0.05, 0.1) is 6.61 Å². The summed E-state index contributed by atoms with van der Waals surface area (Å²) in [5, 5.41) is 0. The Labute approximate surface area is 136 Å². The molecule has 8 heteroatoms. The molecular weight excluding hydrogens is 325 g/mol. The molecule has 2 rings (SSSR count). The van der Waals surface area contributed by atoms with E-state index in [-0.39, 0.29) is 12.2 Å². The minimum Gasteiger partial charge on any atom is -0.467 e. The average molecular weight is 340 g/mol. The molecule has 5 nitrogen and oxygen atoms in total. The Hall–Kier alpha value is -2.64. The van der Waals surface area contributed by atoms with Gasteiger partial charge in [-0.1, -0.05) is 6.07 Å². The summed E-state index contributed by atoms with van der Waals surface area (Å²) < 4.78 is 46.2. The molecule has 0 aliphatic carbocycles. The van der Waals surface area contributed by atoms with Crippen molar-refractivity contribution in [2.24, 2.45) is 0 Å². The van der Waals surface area contributed by atoms with Gasteiger partial charge in [0.25, 0.3) is 0 Å². The smallest absolute Gasteiger partial charge is 0.422 e. The molecule has 0 N–H and O–H groups in total. The molecule has 0 saturated heterocycles. The molecule has 2 aromatic heterocycles. The van der Waals surface area contributed by atoms with Crippen LogP contribution in [0.3, 0.4) is 0 Å². The highest BCUT2D eigenvalue weighted by molar-refractivity contribution is 5.91. The van der Waals surface area contributed by atoms with Crippen molar-refractivity contribution in [3.05, 3.63) is 54.0 Å². The van der Waals surface area contributed by atoms with Crippen molar-refractivity contribution in [2.75, 3.05) is 13.2 Å². The molecule has 2 aromatic rings. The first kappa shape index (κ1) is 17.7. The summed E-state index contributed by atoms with van der Waals surface area (Å²) >= 11 is 0. The number of esters is 1. The number of pyridine rings is 2. The molecule has 0 saturated carbocycles. The molecule has 0 aliphatic rings. The van der Waals surface area contributed by atoms with Gasteiger partial charge in [0.2, 0.25) is 5.88 Å². The summed E-state index contributed by atoms with van der Waals surface area (Å²) in [7, 11) is 0. The van der Waals surface area contributed by atoms with Gasteiger partial charge in [0.15, 0.2) is 6.61 Å². The van der Waals surface area contributed by atoms with Gasteiger partial charge in [-0.2, -0.15) is 13.2 Å². The first-order valence-electron chi connectivity index (χ1n) is 7.16. The lowest BCUT2D eigenvalue weighted by molar-refractivity contribution is -0.154. The second kappa shape index (κ2) is 8.28. The lowest BCUT2D eigenvalue weighted by Crippen LogP contribution is -2.21. The highest BCUT2D eigenvalue weighted by Crippen LogP contribution is 2.20. The van der Waals surface area contributed by atoms with Crippen molar-refractivity contribution in [2.45, 2.75) is 19.0 Å². The summed E-state index contributed by atoms with van der Waals surface area (Å²) in [6.45, 7) is -1.40. The summed E-state index contributed by atoms with van der Waals surface area (Å²) in [6.07, 6.45) is 1.34. The lowest BCUT2D eigenvalue weighted by atomic mass is 10.2. The summed E-state index contributed by atoms with van der Waals surface area (Å²) in [5.74, 6) is -1.17. The quantitative estimate of drug-likeness (QED) is 0.572. The van der Waals surface area contributed by atoms with Crippen molar-refractivity contribution < 1.29 is 27.4 Å². The normalized spacial score (nSPS) is 11.1. The number of carbonyl (C=O) groups excluding carboxylic acids is 1. The van der Waals surface area contributed by atoms with E-state index in [0.717, 1.165) is 5.56 Å². The van der Waals surface area contributed by atoms with Crippen LogP contribution < -0.4 is 4.74 Å².